The lowest BCUT2D eigenvalue weighted by Gasteiger charge is -2.31. The maximum absolute atomic E-state index is 14.2. The van der Waals surface area contributed by atoms with Crippen LogP contribution in [0.15, 0.2) is 109 Å². The van der Waals surface area contributed by atoms with Crippen LogP contribution in [0.1, 0.15) is 22.7 Å². The molecule has 6 rings (SSSR count). The summed E-state index contributed by atoms with van der Waals surface area (Å²) in [6, 6.07) is 29.6. The Morgan fingerprint density at radius 2 is 1.74 bits per heavy atom. The number of aromatic nitrogens is 5. The minimum atomic E-state index is -0.981. The summed E-state index contributed by atoms with van der Waals surface area (Å²) in [5.74, 6) is -0.273. The van der Waals surface area contributed by atoms with Gasteiger partial charge in [0.05, 0.1) is 22.3 Å². The van der Waals surface area contributed by atoms with Gasteiger partial charge in [0.15, 0.2) is 0 Å². The number of fused-ring (bicyclic) bond motifs is 1. The number of anilines is 1. The minimum absolute atomic E-state index is 0.223. The lowest BCUT2D eigenvalue weighted by Crippen LogP contribution is -2.45. The van der Waals surface area contributed by atoms with Crippen molar-refractivity contribution in [3.8, 4) is 10.7 Å². The van der Waals surface area contributed by atoms with E-state index in [1.165, 1.54) is 21.0 Å². The number of tetrazole rings is 1. The first kappa shape index (κ1) is 27.0. The standard InChI is InChI=1S/C32H27N7O2S/c1-22-13-15-24(16-14-22)30(32(41)34-19-23-8-3-2-4-9-23)39(26-18-25-10-5-6-11-27(25)33-20-26)29(40)21-38-36-31(35-37-38)28-12-7-17-42-28/h2-18,20,30H,19,21H2,1H3,(H,34,41). The Balaban J connectivity index is 1.40. The number of nitrogens with zero attached hydrogens (tertiary/aromatic N) is 6. The molecule has 208 valence electrons. The Kier molecular flexibility index (Phi) is 7.78. The van der Waals surface area contributed by atoms with Crippen LogP contribution in [0.25, 0.3) is 21.6 Å². The molecule has 0 fully saturated rings. The van der Waals surface area contributed by atoms with Crippen LogP contribution in [0.2, 0.25) is 0 Å². The summed E-state index contributed by atoms with van der Waals surface area (Å²) in [5, 5.41) is 18.5. The van der Waals surface area contributed by atoms with E-state index in [1.54, 1.807) is 6.20 Å². The van der Waals surface area contributed by atoms with E-state index in [1.807, 2.05) is 109 Å². The molecular formula is C32H27N7O2S. The molecule has 0 aliphatic heterocycles. The van der Waals surface area contributed by atoms with Gasteiger partial charge >= 0.3 is 0 Å². The number of nitrogens with one attached hydrogen (secondary N) is 1. The highest BCUT2D eigenvalue weighted by Gasteiger charge is 2.33. The quantitative estimate of drug-likeness (QED) is 0.250. The summed E-state index contributed by atoms with van der Waals surface area (Å²) in [6.07, 6.45) is 1.62. The summed E-state index contributed by atoms with van der Waals surface area (Å²) in [5.41, 5.74) is 3.93. The molecule has 10 heteroatoms. The molecule has 0 aliphatic rings. The number of benzene rings is 3. The summed E-state index contributed by atoms with van der Waals surface area (Å²) < 4.78 is 0. The number of para-hydroxylation sites is 1. The Bertz CT molecular complexity index is 1820. The van der Waals surface area contributed by atoms with Gasteiger partial charge in [-0.15, -0.1) is 21.5 Å². The highest BCUT2D eigenvalue weighted by Crippen LogP contribution is 2.30. The molecule has 3 aromatic carbocycles. The van der Waals surface area contributed by atoms with Gasteiger partial charge in [0.1, 0.15) is 12.6 Å². The fraction of sp³-hybridized carbons (Fsp3) is 0.125. The van der Waals surface area contributed by atoms with E-state index < -0.39 is 6.04 Å². The number of hydrogen-bond donors (Lipinski definition) is 1. The van der Waals surface area contributed by atoms with E-state index in [0.29, 0.717) is 23.6 Å². The normalized spacial score (nSPS) is 11.7. The first-order valence-corrected chi connectivity index (χ1v) is 14.3. The molecule has 3 heterocycles. The number of carbonyl (C=O) groups excluding carboxylic acids is 2. The highest BCUT2D eigenvalue weighted by molar-refractivity contribution is 7.13. The van der Waals surface area contributed by atoms with Gasteiger partial charge < -0.3 is 5.32 Å². The molecule has 9 nitrogen and oxygen atoms in total. The van der Waals surface area contributed by atoms with Crippen molar-refractivity contribution in [3.05, 3.63) is 125 Å². The molecule has 1 atom stereocenters. The molecule has 2 amide bonds. The third-order valence-electron chi connectivity index (χ3n) is 6.80. The van der Waals surface area contributed by atoms with Crippen molar-refractivity contribution in [2.45, 2.75) is 26.1 Å². The SMILES string of the molecule is Cc1ccc(C(C(=O)NCc2ccccc2)N(C(=O)Cn2nnc(-c3cccs3)n2)c2cnc3ccccc3c2)cc1. The second kappa shape index (κ2) is 12.1. The van der Waals surface area contributed by atoms with Crippen molar-refractivity contribution in [3.63, 3.8) is 0 Å². The van der Waals surface area contributed by atoms with Gasteiger partial charge in [-0.05, 0) is 46.8 Å². The molecule has 3 aromatic heterocycles. The van der Waals surface area contributed by atoms with Crippen LogP contribution in [-0.2, 0) is 22.7 Å². The van der Waals surface area contributed by atoms with Crippen molar-refractivity contribution < 1.29 is 9.59 Å². The zero-order valence-electron chi connectivity index (χ0n) is 22.8. The van der Waals surface area contributed by atoms with E-state index in [9.17, 15) is 9.59 Å². The van der Waals surface area contributed by atoms with Gasteiger partial charge in [0.2, 0.25) is 11.7 Å². The van der Waals surface area contributed by atoms with Crippen molar-refractivity contribution in [1.29, 1.82) is 0 Å². The zero-order chi connectivity index (χ0) is 28.9. The van der Waals surface area contributed by atoms with Crippen LogP contribution in [0.5, 0.6) is 0 Å². The van der Waals surface area contributed by atoms with Crippen LogP contribution in [0, 0.1) is 6.92 Å². The van der Waals surface area contributed by atoms with Gasteiger partial charge in [-0.3, -0.25) is 19.5 Å². The third-order valence-corrected chi connectivity index (χ3v) is 7.67. The molecule has 1 N–H and O–H groups in total. The number of aryl methyl sites for hydroxylation is 1. The molecule has 0 bridgehead atoms. The largest absolute Gasteiger partial charge is 0.350 e. The van der Waals surface area contributed by atoms with Crippen LogP contribution < -0.4 is 10.2 Å². The molecule has 1 unspecified atom stereocenters. The number of pyridine rings is 1. The number of hydrogen-bond acceptors (Lipinski definition) is 7. The van der Waals surface area contributed by atoms with Crippen molar-refractivity contribution in [2.24, 2.45) is 0 Å². The van der Waals surface area contributed by atoms with Crippen LogP contribution >= 0.6 is 11.3 Å². The van der Waals surface area contributed by atoms with Crippen LogP contribution in [0.4, 0.5) is 5.69 Å². The Morgan fingerprint density at radius 3 is 2.52 bits per heavy atom. The Morgan fingerprint density at radius 1 is 0.952 bits per heavy atom. The van der Waals surface area contributed by atoms with Crippen LogP contribution in [-0.4, -0.2) is 37.0 Å². The van der Waals surface area contributed by atoms with E-state index >= 15 is 0 Å². The van der Waals surface area contributed by atoms with Crippen molar-refractivity contribution in [2.75, 3.05) is 4.90 Å². The van der Waals surface area contributed by atoms with E-state index in [-0.39, 0.29) is 18.4 Å². The highest BCUT2D eigenvalue weighted by atomic mass is 32.1. The summed E-state index contributed by atoms with van der Waals surface area (Å²) in [7, 11) is 0. The van der Waals surface area contributed by atoms with Gasteiger partial charge in [0, 0.05) is 11.9 Å². The van der Waals surface area contributed by atoms with Gasteiger partial charge in [-0.1, -0.05) is 84.4 Å². The van der Waals surface area contributed by atoms with Crippen molar-refractivity contribution >= 4 is 39.7 Å². The molecule has 0 saturated carbocycles. The molecule has 0 spiro atoms. The lowest BCUT2D eigenvalue weighted by atomic mass is 10.0. The minimum Gasteiger partial charge on any atom is -0.350 e. The maximum atomic E-state index is 14.2. The first-order valence-electron chi connectivity index (χ1n) is 13.4. The predicted molar refractivity (Wildman–Crippen MR) is 163 cm³/mol. The maximum Gasteiger partial charge on any atom is 0.251 e. The molecule has 6 aromatic rings. The van der Waals surface area contributed by atoms with Crippen molar-refractivity contribution in [1.82, 2.24) is 30.5 Å². The smallest absolute Gasteiger partial charge is 0.251 e. The lowest BCUT2D eigenvalue weighted by molar-refractivity contribution is -0.127. The Hall–Kier alpha value is -5.22. The second-order valence-corrected chi connectivity index (χ2v) is 10.7. The topological polar surface area (TPSA) is 106 Å². The van der Waals surface area contributed by atoms with Gasteiger partial charge in [-0.2, -0.15) is 4.80 Å². The number of thiophene rings is 1. The average Bonchev–Trinajstić information content (AvgIpc) is 3.72. The predicted octanol–water partition coefficient (Wildman–Crippen LogP) is 5.35. The fourth-order valence-electron chi connectivity index (χ4n) is 4.69. The number of amides is 2. The Labute approximate surface area is 246 Å². The first-order chi connectivity index (χ1) is 20.5. The van der Waals surface area contributed by atoms with Gasteiger partial charge in [0.25, 0.3) is 5.91 Å². The zero-order valence-corrected chi connectivity index (χ0v) is 23.6. The van der Waals surface area contributed by atoms with E-state index in [2.05, 4.69) is 25.7 Å². The number of carbonyl (C=O) groups is 2. The van der Waals surface area contributed by atoms with Gasteiger partial charge in [-0.25, -0.2) is 0 Å². The average molecular weight is 574 g/mol. The molecule has 0 saturated heterocycles. The molecule has 42 heavy (non-hydrogen) atoms. The third kappa shape index (κ3) is 5.93. The summed E-state index contributed by atoms with van der Waals surface area (Å²) >= 11 is 1.49. The number of rotatable bonds is 9. The molecular weight excluding hydrogens is 546 g/mol. The van der Waals surface area contributed by atoms with E-state index in [4.69, 9.17) is 0 Å². The summed E-state index contributed by atoms with van der Waals surface area (Å²) in [6.45, 7) is 2.07. The molecule has 0 radical (unpaired) electrons. The van der Waals surface area contributed by atoms with E-state index in [0.717, 1.165) is 26.9 Å². The monoisotopic (exact) mass is 573 g/mol. The summed E-state index contributed by atoms with van der Waals surface area (Å²) in [4.78, 5) is 36.4. The van der Waals surface area contributed by atoms with Crippen LogP contribution in [0.3, 0.4) is 0 Å². The molecule has 0 aliphatic carbocycles. The fourth-order valence-corrected chi connectivity index (χ4v) is 5.34. The second-order valence-electron chi connectivity index (χ2n) is 9.79.